The molecule has 60 valence electrons. The lowest BCUT2D eigenvalue weighted by Crippen LogP contribution is -1.91. The van der Waals surface area contributed by atoms with Crippen LogP contribution in [0.15, 0.2) is 16.6 Å². The van der Waals surface area contributed by atoms with Gasteiger partial charge in [0.05, 0.1) is 6.61 Å². The van der Waals surface area contributed by atoms with Crippen LogP contribution in [0, 0.1) is 13.8 Å². The lowest BCUT2D eigenvalue weighted by Gasteiger charge is -2.06. The van der Waals surface area contributed by atoms with Crippen LogP contribution in [0.25, 0.3) is 0 Å². The van der Waals surface area contributed by atoms with Crippen LogP contribution >= 0.6 is 15.9 Å². The van der Waals surface area contributed by atoms with Crippen molar-refractivity contribution in [2.45, 2.75) is 20.5 Å². The Bertz CT molecular complexity index is 245. The Kier molecular flexibility index (Phi) is 2.68. The number of aryl methyl sites for hydroxylation is 2. The van der Waals surface area contributed by atoms with E-state index in [1.54, 1.807) is 0 Å². The Morgan fingerprint density at radius 3 is 2.45 bits per heavy atom. The van der Waals surface area contributed by atoms with Gasteiger partial charge in [-0.3, -0.25) is 0 Å². The van der Waals surface area contributed by atoms with Crippen LogP contribution in [0.2, 0.25) is 0 Å². The second-order valence-electron chi connectivity index (χ2n) is 2.70. The van der Waals surface area contributed by atoms with Crippen molar-refractivity contribution in [2.24, 2.45) is 0 Å². The Morgan fingerprint density at radius 1 is 1.36 bits per heavy atom. The molecule has 0 bridgehead atoms. The van der Waals surface area contributed by atoms with Crippen molar-refractivity contribution in [1.29, 1.82) is 0 Å². The molecule has 1 aromatic carbocycles. The summed E-state index contributed by atoms with van der Waals surface area (Å²) in [6.07, 6.45) is 0. The highest BCUT2D eigenvalue weighted by Gasteiger charge is 2.02. The first kappa shape index (κ1) is 8.75. The summed E-state index contributed by atoms with van der Waals surface area (Å²) >= 11 is 3.40. The summed E-state index contributed by atoms with van der Waals surface area (Å²) in [5.41, 5.74) is 3.33. The highest BCUT2D eigenvalue weighted by atomic mass is 79.9. The number of hydrogen-bond donors (Lipinski definition) is 1. The van der Waals surface area contributed by atoms with E-state index in [-0.39, 0.29) is 6.61 Å². The van der Waals surface area contributed by atoms with Gasteiger partial charge in [-0.2, -0.15) is 0 Å². The fourth-order valence-electron chi connectivity index (χ4n) is 1.15. The van der Waals surface area contributed by atoms with E-state index < -0.39 is 0 Å². The highest BCUT2D eigenvalue weighted by molar-refractivity contribution is 9.10. The van der Waals surface area contributed by atoms with Gasteiger partial charge >= 0.3 is 0 Å². The van der Waals surface area contributed by atoms with Gasteiger partial charge in [-0.05, 0) is 36.6 Å². The van der Waals surface area contributed by atoms with Crippen LogP contribution in [0.5, 0.6) is 0 Å². The number of benzene rings is 1. The summed E-state index contributed by atoms with van der Waals surface area (Å²) in [5.74, 6) is 0. The summed E-state index contributed by atoms with van der Waals surface area (Å²) in [6.45, 7) is 4.15. The maximum absolute atomic E-state index is 8.96. The minimum Gasteiger partial charge on any atom is -0.392 e. The van der Waals surface area contributed by atoms with E-state index in [0.29, 0.717) is 0 Å². The molecule has 0 aliphatic rings. The Labute approximate surface area is 75.2 Å². The summed E-state index contributed by atoms with van der Waals surface area (Å²) in [6, 6.07) is 4.08. The molecule has 0 amide bonds. The van der Waals surface area contributed by atoms with Crippen LogP contribution in [-0.4, -0.2) is 5.11 Å². The monoisotopic (exact) mass is 214 g/mol. The molecule has 0 aliphatic heterocycles. The van der Waals surface area contributed by atoms with E-state index in [2.05, 4.69) is 22.0 Å². The van der Waals surface area contributed by atoms with Crippen molar-refractivity contribution < 1.29 is 5.11 Å². The quantitative estimate of drug-likeness (QED) is 0.763. The zero-order valence-electron chi connectivity index (χ0n) is 6.69. The zero-order chi connectivity index (χ0) is 8.43. The van der Waals surface area contributed by atoms with Crippen molar-refractivity contribution >= 4 is 15.9 Å². The molecule has 0 saturated carbocycles. The van der Waals surface area contributed by atoms with Crippen LogP contribution < -0.4 is 0 Å². The Balaban J connectivity index is 3.25. The molecule has 0 unspecified atom stereocenters. The molecule has 11 heavy (non-hydrogen) atoms. The number of aliphatic hydroxyl groups is 1. The fraction of sp³-hybridized carbons (Fsp3) is 0.333. The van der Waals surface area contributed by atoms with Crippen LogP contribution in [-0.2, 0) is 6.61 Å². The van der Waals surface area contributed by atoms with Gasteiger partial charge in [0, 0.05) is 4.47 Å². The summed E-state index contributed by atoms with van der Waals surface area (Å²) < 4.78 is 0.998. The van der Waals surface area contributed by atoms with E-state index in [9.17, 15) is 0 Å². The first-order valence-corrected chi connectivity index (χ1v) is 4.31. The predicted octanol–water partition coefficient (Wildman–Crippen LogP) is 2.56. The molecule has 0 fully saturated rings. The largest absolute Gasteiger partial charge is 0.392 e. The van der Waals surface area contributed by atoms with Gasteiger partial charge in [-0.1, -0.05) is 22.0 Å². The van der Waals surface area contributed by atoms with Gasteiger partial charge in [-0.15, -0.1) is 0 Å². The fourth-order valence-corrected chi connectivity index (χ4v) is 1.95. The summed E-state index contributed by atoms with van der Waals surface area (Å²) in [4.78, 5) is 0. The molecular formula is C9H11BrO. The maximum atomic E-state index is 8.96. The Hall–Kier alpha value is -0.340. The van der Waals surface area contributed by atoms with Crippen molar-refractivity contribution in [1.82, 2.24) is 0 Å². The van der Waals surface area contributed by atoms with Gasteiger partial charge in [0.15, 0.2) is 0 Å². The minimum atomic E-state index is 0.104. The number of rotatable bonds is 1. The molecule has 0 aromatic heterocycles. The maximum Gasteiger partial charge on any atom is 0.0695 e. The molecule has 0 spiro atoms. The van der Waals surface area contributed by atoms with Crippen molar-refractivity contribution in [2.75, 3.05) is 0 Å². The topological polar surface area (TPSA) is 20.2 Å². The number of hydrogen-bond acceptors (Lipinski definition) is 1. The molecular weight excluding hydrogens is 204 g/mol. The third-order valence-electron chi connectivity index (χ3n) is 1.72. The molecule has 1 rings (SSSR count). The zero-order valence-corrected chi connectivity index (χ0v) is 8.27. The third kappa shape index (κ3) is 1.82. The molecule has 0 aliphatic carbocycles. The Morgan fingerprint density at radius 2 is 2.00 bits per heavy atom. The second-order valence-corrected chi connectivity index (χ2v) is 3.55. The standard InChI is InChI=1S/C9H11BrO/c1-6-3-7(2)8(5-11)9(10)4-6/h3-4,11H,5H2,1-2H3. The molecule has 0 saturated heterocycles. The molecule has 0 radical (unpaired) electrons. The summed E-state index contributed by atoms with van der Waals surface area (Å²) in [7, 11) is 0. The van der Waals surface area contributed by atoms with Crippen LogP contribution in [0.1, 0.15) is 16.7 Å². The lowest BCUT2D eigenvalue weighted by atomic mass is 10.1. The van der Waals surface area contributed by atoms with Crippen LogP contribution in [0.4, 0.5) is 0 Å². The highest BCUT2D eigenvalue weighted by Crippen LogP contribution is 2.21. The van der Waals surface area contributed by atoms with E-state index in [0.717, 1.165) is 15.6 Å². The van der Waals surface area contributed by atoms with Gasteiger partial charge in [0.25, 0.3) is 0 Å². The molecule has 2 heteroatoms. The smallest absolute Gasteiger partial charge is 0.0695 e. The van der Waals surface area contributed by atoms with E-state index >= 15 is 0 Å². The van der Waals surface area contributed by atoms with E-state index in [1.807, 2.05) is 19.9 Å². The third-order valence-corrected chi connectivity index (χ3v) is 2.43. The number of halogens is 1. The summed E-state index contributed by atoms with van der Waals surface area (Å²) in [5, 5.41) is 8.96. The minimum absolute atomic E-state index is 0.104. The van der Waals surface area contributed by atoms with Crippen molar-refractivity contribution in [3.05, 3.63) is 33.3 Å². The van der Waals surface area contributed by atoms with Crippen molar-refractivity contribution in [3.8, 4) is 0 Å². The van der Waals surface area contributed by atoms with Gasteiger partial charge in [-0.25, -0.2) is 0 Å². The molecule has 1 N–H and O–H groups in total. The first-order valence-electron chi connectivity index (χ1n) is 3.51. The molecule has 1 nitrogen and oxygen atoms in total. The van der Waals surface area contributed by atoms with Gasteiger partial charge in [0.1, 0.15) is 0 Å². The second kappa shape index (κ2) is 3.37. The van der Waals surface area contributed by atoms with E-state index in [1.165, 1.54) is 5.56 Å². The number of aliphatic hydroxyl groups excluding tert-OH is 1. The molecule has 0 heterocycles. The van der Waals surface area contributed by atoms with Crippen LogP contribution in [0.3, 0.4) is 0 Å². The normalized spacial score (nSPS) is 10.2. The van der Waals surface area contributed by atoms with Gasteiger partial charge < -0.3 is 5.11 Å². The van der Waals surface area contributed by atoms with Crippen molar-refractivity contribution in [3.63, 3.8) is 0 Å². The average molecular weight is 215 g/mol. The van der Waals surface area contributed by atoms with E-state index in [4.69, 9.17) is 5.11 Å². The lowest BCUT2D eigenvalue weighted by molar-refractivity contribution is 0.280. The first-order chi connectivity index (χ1) is 5.15. The van der Waals surface area contributed by atoms with Gasteiger partial charge in [0.2, 0.25) is 0 Å². The molecule has 0 atom stereocenters. The molecule has 1 aromatic rings. The average Bonchev–Trinajstić information content (AvgIpc) is 1.85. The predicted molar refractivity (Wildman–Crippen MR) is 49.5 cm³/mol. The SMILES string of the molecule is Cc1cc(C)c(CO)c(Br)c1.